The highest BCUT2D eigenvalue weighted by Crippen LogP contribution is 2.19. The third kappa shape index (κ3) is 2.09. The van der Waals surface area contributed by atoms with Crippen molar-refractivity contribution in [3.63, 3.8) is 0 Å². The lowest BCUT2D eigenvalue weighted by atomic mass is 10.2. The number of nitrogens with one attached hydrogen (secondary N) is 1. The standard InChI is InChI=1S/C12H14N2O3/c1-17-11-5-3-2-4-10(11)14-12(16)9(6-7-15)8-13-14/h2-5,8,13,15H,6-7H2,1H3. The molecule has 0 radical (unpaired) electrons. The van der Waals surface area contributed by atoms with Crippen LogP contribution in [0.25, 0.3) is 5.69 Å². The Morgan fingerprint density at radius 2 is 2.18 bits per heavy atom. The van der Waals surface area contributed by atoms with Crippen molar-refractivity contribution < 1.29 is 9.84 Å². The van der Waals surface area contributed by atoms with Crippen LogP contribution >= 0.6 is 0 Å². The summed E-state index contributed by atoms with van der Waals surface area (Å²) >= 11 is 0. The van der Waals surface area contributed by atoms with E-state index in [0.717, 1.165) is 0 Å². The Morgan fingerprint density at radius 3 is 2.88 bits per heavy atom. The summed E-state index contributed by atoms with van der Waals surface area (Å²) in [5.41, 5.74) is 1.05. The lowest BCUT2D eigenvalue weighted by molar-refractivity contribution is 0.299. The predicted molar refractivity (Wildman–Crippen MR) is 63.7 cm³/mol. The first-order valence-electron chi connectivity index (χ1n) is 5.31. The first kappa shape index (κ1) is 11.5. The molecule has 90 valence electrons. The highest BCUT2D eigenvalue weighted by molar-refractivity contribution is 5.46. The predicted octanol–water partition coefficient (Wildman–Crippen LogP) is 0.709. The maximum Gasteiger partial charge on any atom is 0.274 e. The van der Waals surface area contributed by atoms with Gasteiger partial charge < -0.3 is 9.84 Å². The number of rotatable bonds is 4. The zero-order valence-corrected chi connectivity index (χ0v) is 9.51. The monoisotopic (exact) mass is 234 g/mol. The summed E-state index contributed by atoms with van der Waals surface area (Å²) in [6.07, 6.45) is 1.95. The Bertz CT molecular complexity index is 557. The molecule has 0 aliphatic heterocycles. The number of aromatic amines is 1. The molecule has 0 aliphatic rings. The van der Waals surface area contributed by atoms with E-state index < -0.39 is 0 Å². The quantitative estimate of drug-likeness (QED) is 0.818. The van der Waals surface area contributed by atoms with Crippen LogP contribution < -0.4 is 10.3 Å². The van der Waals surface area contributed by atoms with Gasteiger partial charge in [-0.3, -0.25) is 9.89 Å². The number of methoxy groups -OCH3 is 1. The molecule has 0 saturated heterocycles. The minimum atomic E-state index is -0.163. The summed E-state index contributed by atoms with van der Waals surface area (Å²) in [4.78, 5) is 12.0. The third-order valence-corrected chi connectivity index (χ3v) is 2.55. The van der Waals surface area contributed by atoms with Crippen LogP contribution in [0.5, 0.6) is 5.75 Å². The van der Waals surface area contributed by atoms with Gasteiger partial charge in [0.1, 0.15) is 11.4 Å². The van der Waals surface area contributed by atoms with Crippen LogP contribution in [-0.4, -0.2) is 28.6 Å². The van der Waals surface area contributed by atoms with E-state index in [9.17, 15) is 4.79 Å². The maximum absolute atomic E-state index is 12.0. The summed E-state index contributed by atoms with van der Waals surface area (Å²) in [6.45, 7) is -0.0426. The van der Waals surface area contributed by atoms with Gasteiger partial charge in [-0.05, 0) is 12.1 Å². The number of aliphatic hydroxyl groups excluding tert-OH is 1. The van der Waals surface area contributed by atoms with Gasteiger partial charge in [-0.1, -0.05) is 12.1 Å². The Hall–Kier alpha value is -2.01. The van der Waals surface area contributed by atoms with Crippen molar-refractivity contribution in [1.29, 1.82) is 0 Å². The highest BCUT2D eigenvalue weighted by atomic mass is 16.5. The Kier molecular flexibility index (Phi) is 3.30. The molecule has 1 heterocycles. The molecule has 0 bridgehead atoms. The van der Waals surface area contributed by atoms with Crippen LogP contribution in [0, 0.1) is 0 Å². The van der Waals surface area contributed by atoms with E-state index in [1.165, 1.54) is 4.68 Å². The minimum Gasteiger partial charge on any atom is -0.494 e. The molecule has 1 aromatic heterocycles. The van der Waals surface area contributed by atoms with Crippen LogP contribution in [0.3, 0.4) is 0 Å². The van der Waals surface area contributed by atoms with Gasteiger partial charge in [-0.2, -0.15) is 0 Å². The summed E-state index contributed by atoms with van der Waals surface area (Å²) in [6, 6.07) is 7.25. The second kappa shape index (κ2) is 4.88. The molecule has 0 amide bonds. The number of hydrogen-bond acceptors (Lipinski definition) is 3. The molecule has 17 heavy (non-hydrogen) atoms. The van der Waals surface area contributed by atoms with Gasteiger partial charge in [-0.15, -0.1) is 0 Å². The first-order chi connectivity index (χ1) is 8.27. The van der Waals surface area contributed by atoms with E-state index in [4.69, 9.17) is 9.84 Å². The number of H-pyrrole nitrogens is 1. The van der Waals surface area contributed by atoms with Crippen molar-refractivity contribution in [2.75, 3.05) is 13.7 Å². The number of aliphatic hydroxyl groups is 1. The average molecular weight is 234 g/mol. The average Bonchev–Trinajstić information content (AvgIpc) is 2.72. The molecule has 0 unspecified atom stereocenters. The van der Waals surface area contributed by atoms with Gasteiger partial charge in [0.2, 0.25) is 0 Å². The fourth-order valence-corrected chi connectivity index (χ4v) is 1.70. The number of ether oxygens (including phenoxy) is 1. The molecule has 2 rings (SSSR count). The van der Waals surface area contributed by atoms with Gasteiger partial charge in [-0.25, -0.2) is 4.68 Å². The van der Waals surface area contributed by atoms with Crippen LogP contribution in [0.15, 0.2) is 35.3 Å². The zero-order chi connectivity index (χ0) is 12.3. The summed E-state index contributed by atoms with van der Waals surface area (Å²) in [5, 5.41) is 11.7. The number of para-hydroxylation sites is 2. The molecular formula is C12H14N2O3. The molecule has 5 heteroatoms. The molecule has 2 aromatic rings. The number of hydrogen-bond donors (Lipinski definition) is 2. The van der Waals surface area contributed by atoms with E-state index in [1.807, 2.05) is 12.1 Å². The first-order valence-corrected chi connectivity index (χ1v) is 5.31. The van der Waals surface area contributed by atoms with Crippen molar-refractivity contribution in [2.24, 2.45) is 0 Å². The molecule has 1 aromatic carbocycles. The van der Waals surface area contributed by atoms with Crippen LogP contribution in [0.4, 0.5) is 0 Å². The Balaban J connectivity index is 2.50. The highest BCUT2D eigenvalue weighted by Gasteiger charge is 2.10. The van der Waals surface area contributed by atoms with Crippen molar-refractivity contribution >= 4 is 0 Å². The van der Waals surface area contributed by atoms with Crippen molar-refractivity contribution in [1.82, 2.24) is 9.78 Å². The smallest absolute Gasteiger partial charge is 0.274 e. The van der Waals surface area contributed by atoms with Crippen LogP contribution in [0.2, 0.25) is 0 Å². The van der Waals surface area contributed by atoms with Crippen molar-refractivity contribution in [3.05, 3.63) is 46.4 Å². The second-order valence-electron chi connectivity index (χ2n) is 3.58. The van der Waals surface area contributed by atoms with Gasteiger partial charge in [0.25, 0.3) is 5.56 Å². The van der Waals surface area contributed by atoms with Gasteiger partial charge in [0.15, 0.2) is 0 Å². The molecular weight excluding hydrogens is 220 g/mol. The maximum atomic E-state index is 12.0. The fourth-order valence-electron chi connectivity index (χ4n) is 1.70. The third-order valence-electron chi connectivity index (χ3n) is 2.55. The second-order valence-corrected chi connectivity index (χ2v) is 3.58. The van der Waals surface area contributed by atoms with Gasteiger partial charge in [0, 0.05) is 24.8 Å². The molecule has 0 fully saturated rings. The normalized spacial score (nSPS) is 10.5. The molecule has 5 nitrogen and oxygen atoms in total. The molecule has 0 saturated carbocycles. The van der Waals surface area contributed by atoms with Crippen molar-refractivity contribution in [2.45, 2.75) is 6.42 Å². The van der Waals surface area contributed by atoms with E-state index in [2.05, 4.69) is 5.10 Å². The minimum absolute atomic E-state index is 0.0426. The zero-order valence-electron chi connectivity index (χ0n) is 9.51. The van der Waals surface area contributed by atoms with Crippen molar-refractivity contribution in [3.8, 4) is 11.4 Å². The summed E-state index contributed by atoms with van der Waals surface area (Å²) < 4.78 is 6.60. The van der Waals surface area contributed by atoms with Gasteiger partial charge in [0.05, 0.1) is 7.11 Å². The SMILES string of the molecule is COc1ccccc1-n1[nH]cc(CCO)c1=O. The molecule has 0 aliphatic carbocycles. The molecule has 0 atom stereocenters. The Labute approximate surface area is 98.3 Å². The van der Waals surface area contributed by atoms with Crippen LogP contribution in [-0.2, 0) is 6.42 Å². The largest absolute Gasteiger partial charge is 0.494 e. The number of nitrogens with zero attached hydrogens (tertiary/aromatic N) is 1. The molecule has 0 spiro atoms. The van der Waals surface area contributed by atoms with E-state index in [0.29, 0.717) is 23.4 Å². The Morgan fingerprint density at radius 1 is 1.41 bits per heavy atom. The van der Waals surface area contributed by atoms with E-state index >= 15 is 0 Å². The van der Waals surface area contributed by atoms with Gasteiger partial charge >= 0.3 is 0 Å². The lowest BCUT2D eigenvalue weighted by Crippen LogP contribution is -2.18. The van der Waals surface area contributed by atoms with E-state index in [1.54, 1.807) is 25.4 Å². The summed E-state index contributed by atoms with van der Waals surface area (Å²) in [5.74, 6) is 0.618. The summed E-state index contributed by atoms with van der Waals surface area (Å²) in [7, 11) is 1.56. The van der Waals surface area contributed by atoms with Crippen LogP contribution in [0.1, 0.15) is 5.56 Å². The van der Waals surface area contributed by atoms with E-state index in [-0.39, 0.29) is 12.2 Å². The number of benzene rings is 1. The number of aromatic nitrogens is 2. The molecule has 2 N–H and O–H groups in total. The fraction of sp³-hybridized carbons (Fsp3) is 0.250. The lowest BCUT2D eigenvalue weighted by Gasteiger charge is -2.07. The topological polar surface area (TPSA) is 67.2 Å².